The van der Waals surface area contributed by atoms with Gasteiger partial charge in [-0.15, -0.1) is 0 Å². The van der Waals surface area contributed by atoms with Crippen LogP contribution >= 0.6 is 0 Å². The molecule has 0 aromatic carbocycles. The fourth-order valence-electron chi connectivity index (χ4n) is 2.71. The topological polar surface area (TPSA) is 43.1 Å². The molecule has 2 aromatic heterocycles. The average molecular weight is 294 g/mol. The van der Waals surface area contributed by atoms with Crippen LogP contribution in [0.3, 0.4) is 0 Å². The van der Waals surface area contributed by atoms with E-state index in [1.54, 1.807) is 6.20 Å². The molecule has 0 atom stereocenters. The van der Waals surface area contributed by atoms with Crippen molar-refractivity contribution >= 4 is 11.8 Å². The minimum absolute atomic E-state index is 0.600. The number of allylic oxidation sites excluding steroid dienone is 1. The van der Waals surface area contributed by atoms with Gasteiger partial charge >= 0.3 is 0 Å². The Labute approximate surface area is 131 Å². The summed E-state index contributed by atoms with van der Waals surface area (Å²) in [5.74, 6) is 0.600. The minimum Gasteiger partial charge on any atom is -0.284 e. The van der Waals surface area contributed by atoms with Crippen LogP contribution in [0, 0.1) is 5.92 Å². The summed E-state index contributed by atoms with van der Waals surface area (Å²) >= 11 is 0. The number of aromatic nitrogens is 3. The van der Waals surface area contributed by atoms with E-state index < -0.39 is 0 Å². The van der Waals surface area contributed by atoms with Crippen LogP contribution in [0.1, 0.15) is 37.9 Å². The van der Waals surface area contributed by atoms with Crippen molar-refractivity contribution in [3.05, 3.63) is 53.6 Å². The molecule has 4 heteroatoms. The molecule has 2 aromatic rings. The van der Waals surface area contributed by atoms with Crippen LogP contribution in [-0.2, 0) is 6.54 Å². The van der Waals surface area contributed by atoms with Crippen molar-refractivity contribution in [3.63, 3.8) is 0 Å². The molecule has 0 spiro atoms. The molecule has 0 amide bonds. The predicted octanol–water partition coefficient (Wildman–Crippen LogP) is 3.60. The molecule has 0 saturated heterocycles. The number of hydrogen-bond donors (Lipinski definition) is 0. The van der Waals surface area contributed by atoms with Gasteiger partial charge in [-0.1, -0.05) is 13.8 Å². The Hall–Kier alpha value is -2.23. The SMILES string of the molecule is CC(C)Cn1ccc(C=C2CCCN=C2c2cccnc2)n1. The van der Waals surface area contributed by atoms with E-state index in [0.29, 0.717) is 5.92 Å². The lowest BCUT2D eigenvalue weighted by molar-refractivity contribution is 0.482. The van der Waals surface area contributed by atoms with Gasteiger partial charge in [0.15, 0.2) is 0 Å². The number of nitrogens with zero attached hydrogens (tertiary/aromatic N) is 4. The van der Waals surface area contributed by atoms with Crippen molar-refractivity contribution in [1.82, 2.24) is 14.8 Å². The fraction of sp³-hybridized carbons (Fsp3) is 0.389. The normalized spacial score (nSPS) is 17.0. The van der Waals surface area contributed by atoms with Crippen LogP contribution < -0.4 is 0 Å². The van der Waals surface area contributed by atoms with Gasteiger partial charge in [0.1, 0.15) is 0 Å². The predicted molar refractivity (Wildman–Crippen MR) is 89.9 cm³/mol. The third-order valence-electron chi connectivity index (χ3n) is 3.65. The molecule has 0 N–H and O–H groups in total. The largest absolute Gasteiger partial charge is 0.284 e. The Morgan fingerprint density at radius 3 is 3.00 bits per heavy atom. The second kappa shape index (κ2) is 6.69. The molecule has 4 nitrogen and oxygen atoms in total. The van der Waals surface area contributed by atoms with E-state index in [1.165, 1.54) is 5.57 Å². The van der Waals surface area contributed by atoms with Gasteiger partial charge in [-0.3, -0.25) is 14.7 Å². The van der Waals surface area contributed by atoms with E-state index in [0.717, 1.165) is 42.9 Å². The molecule has 1 aliphatic rings. The second-order valence-corrected chi connectivity index (χ2v) is 6.10. The van der Waals surface area contributed by atoms with Crippen molar-refractivity contribution in [3.8, 4) is 0 Å². The van der Waals surface area contributed by atoms with Crippen LogP contribution in [0.25, 0.3) is 6.08 Å². The second-order valence-electron chi connectivity index (χ2n) is 6.10. The van der Waals surface area contributed by atoms with E-state index in [9.17, 15) is 0 Å². The van der Waals surface area contributed by atoms with Gasteiger partial charge < -0.3 is 0 Å². The number of aliphatic imine (C=N–C) groups is 1. The first-order valence-electron chi connectivity index (χ1n) is 7.91. The molecular formula is C18H22N4. The summed E-state index contributed by atoms with van der Waals surface area (Å²) in [6.45, 7) is 6.25. The highest BCUT2D eigenvalue weighted by Gasteiger charge is 2.14. The zero-order valence-corrected chi connectivity index (χ0v) is 13.2. The van der Waals surface area contributed by atoms with Crippen LogP contribution in [0.5, 0.6) is 0 Å². The molecule has 0 bridgehead atoms. The first kappa shape index (κ1) is 14.7. The Morgan fingerprint density at radius 2 is 2.23 bits per heavy atom. The van der Waals surface area contributed by atoms with Gasteiger partial charge in [-0.05, 0) is 48.6 Å². The third kappa shape index (κ3) is 3.50. The van der Waals surface area contributed by atoms with Crippen molar-refractivity contribution in [1.29, 1.82) is 0 Å². The highest BCUT2D eigenvalue weighted by molar-refractivity contribution is 6.15. The van der Waals surface area contributed by atoms with E-state index in [2.05, 4.69) is 48.3 Å². The van der Waals surface area contributed by atoms with Crippen molar-refractivity contribution < 1.29 is 0 Å². The van der Waals surface area contributed by atoms with Crippen LogP contribution in [0.4, 0.5) is 0 Å². The summed E-state index contributed by atoms with van der Waals surface area (Å²) in [4.78, 5) is 8.92. The molecule has 0 radical (unpaired) electrons. The minimum atomic E-state index is 0.600. The van der Waals surface area contributed by atoms with E-state index >= 15 is 0 Å². The maximum atomic E-state index is 4.71. The summed E-state index contributed by atoms with van der Waals surface area (Å²) in [5.41, 5.74) is 4.43. The molecule has 3 rings (SSSR count). The lowest BCUT2D eigenvalue weighted by atomic mass is 9.96. The summed E-state index contributed by atoms with van der Waals surface area (Å²) in [6, 6.07) is 6.11. The monoisotopic (exact) mass is 294 g/mol. The molecule has 0 unspecified atom stereocenters. The first-order chi connectivity index (χ1) is 10.7. The summed E-state index contributed by atoms with van der Waals surface area (Å²) < 4.78 is 2.01. The summed E-state index contributed by atoms with van der Waals surface area (Å²) in [7, 11) is 0. The number of rotatable bonds is 4. The molecule has 0 fully saturated rings. The molecule has 114 valence electrons. The standard InChI is InChI=1S/C18H22N4/c1-14(2)13-22-10-7-17(21-22)11-15-5-4-9-20-18(15)16-6-3-8-19-12-16/h3,6-8,10-12,14H,4-5,9,13H2,1-2H3. The number of hydrogen-bond acceptors (Lipinski definition) is 3. The van der Waals surface area contributed by atoms with Crippen molar-refractivity contribution in [2.45, 2.75) is 33.2 Å². The molecule has 0 aliphatic carbocycles. The first-order valence-corrected chi connectivity index (χ1v) is 7.91. The van der Waals surface area contributed by atoms with E-state index in [1.807, 2.05) is 16.9 Å². The molecule has 1 aliphatic heterocycles. The Kier molecular flexibility index (Phi) is 4.47. The average Bonchev–Trinajstić information content (AvgIpc) is 2.95. The fourth-order valence-corrected chi connectivity index (χ4v) is 2.71. The zero-order valence-electron chi connectivity index (χ0n) is 13.2. The Balaban J connectivity index is 1.87. The van der Waals surface area contributed by atoms with Gasteiger partial charge in [0.25, 0.3) is 0 Å². The molecule has 3 heterocycles. The Morgan fingerprint density at radius 1 is 1.32 bits per heavy atom. The lowest BCUT2D eigenvalue weighted by Gasteiger charge is -2.15. The number of pyridine rings is 1. The Bertz CT molecular complexity index is 680. The van der Waals surface area contributed by atoms with Crippen molar-refractivity contribution in [2.24, 2.45) is 10.9 Å². The van der Waals surface area contributed by atoms with E-state index in [4.69, 9.17) is 4.99 Å². The highest BCUT2D eigenvalue weighted by atomic mass is 15.3. The maximum absolute atomic E-state index is 4.71. The zero-order chi connectivity index (χ0) is 15.4. The summed E-state index contributed by atoms with van der Waals surface area (Å²) in [5, 5.41) is 4.64. The van der Waals surface area contributed by atoms with Gasteiger partial charge in [-0.2, -0.15) is 5.10 Å². The quantitative estimate of drug-likeness (QED) is 0.864. The van der Waals surface area contributed by atoms with E-state index in [-0.39, 0.29) is 0 Å². The molecule has 22 heavy (non-hydrogen) atoms. The molecular weight excluding hydrogens is 272 g/mol. The van der Waals surface area contributed by atoms with Gasteiger partial charge in [0, 0.05) is 37.2 Å². The third-order valence-corrected chi connectivity index (χ3v) is 3.65. The maximum Gasteiger partial charge on any atom is 0.0854 e. The highest BCUT2D eigenvalue weighted by Crippen LogP contribution is 2.21. The lowest BCUT2D eigenvalue weighted by Crippen LogP contribution is -2.12. The van der Waals surface area contributed by atoms with Crippen molar-refractivity contribution in [2.75, 3.05) is 6.54 Å². The van der Waals surface area contributed by atoms with Gasteiger partial charge in [0.05, 0.1) is 11.4 Å². The smallest absolute Gasteiger partial charge is 0.0854 e. The van der Waals surface area contributed by atoms with Gasteiger partial charge in [0.2, 0.25) is 0 Å². The van der Waals surface area contributed by atoms with Gasteiger partial charge in [-0.25, -0.2) is 0 Å². The molecule has 0 saturated carbocycles. The van der Waals surface area contributed by atoms with Crippen LogP contribution in [0.2, 0.25) is 0 Å². The summed E-state index contributed by atoms with van der Waals surface area (Å²) in [6.07, 6.45) is 10.0. The van der Waals surface area contributed by atoms with Crippen LogP contribution in [-0.4, -0.2) is 27.0 Å². The van der Waals surface area contributed by atoms with Crippen LogP contribution in [0.15, 0.2) is 47.4 Å².